The van der Waals surface area contributed by atoms with Crippen LogP contribution in [0.4, 0.5) is 0 Å². The van der Waals surface area contributed by atoms with Crippen LogP contribution in [0.15, 0.2) is 54.7 Å². The van der Waals surface area contributed by atoms with Gasteiger partial charge < -0.3 is 10.7 Å². The van der Waals surface area contributed by atoms with Crippen molar-refractivity contribution in [1.82, 2.24) is 4.98 Å². The van der Waals surface area contributed by atoms with Gasteiger partial charge in [0.1, 0.15) is 0 Å². The Bertz CT molecular complexity index is 653. The third kappa shape index (κ3) is 2.03. The van der Waals surface area contributed by atoms with Gasteiger partial charge in [0.15, 0.2) is 0 Å². The molecule has 0 unspecified atom stereocenters. The lowest BCUT2D eigenvalue weighted by Crippen LogP contribution is -1.95. The minimum Gasteiger partial charge on any atom is -0.361 e. The Morgan fingerprint density at radius 1 is 0.944 bits per heavy atom. The van der Waals surface area contributed by atoms with Crippen LogP contribution in [0.3, 0.4) is 0 Å². The first-order valence-corrected chi connectivity index (χ1v) is 6.19. The SMILES string of the molecule is NCc1ccc2[nH]cc(Cc3ccccc3)c2c1. The lowest BCUT2D eigenvalue weighted by atomic mass is 10.0. The van der Waals surface area contributed by atoms with Crippen molar-refractivity contribution in [3.05, 3.63) is 71.4 Å². The summed E-state index contributed by atoms with van der Waals surface area (Å²) >= 11 is 0. The molecule has 0 saturated carbocycles. The van der Waals surface area contributed by atoms with Crippen molar-refractivity contribution in [1.29, 1.82) is 0 Å². The van der Waals surface area contributed by atoms with E-state index in [1.54, 1.807) is 0 Å². The lowest BCUT2D eigenvalue weighted by Gasteiger charge is -2.01. The summed E-state index contributed by atoms with van der Waals surface area (Å²) in [6, 6.07) is 16.9. The minimum absolute atomic E-state index is 0.589. The standard InChI is InChI=1S/C16H16N2/c17-10-13-6-7-16-15(9-13)14(11-18-16)8-12-4-2-1-3-5-12/h1-7,9,11,18H,8,10,17H2. The molecular formula is C16H16N2. The smallest absolute Gasteiger partial charge is 0.0457 e. The van der Waals surface area contributed by atoms with E-state index in [9.17, 15) is 0 Å². The number of nitrogens with one attached hydrogen (secondary N) is 1. The normalized spacial score (nSPS) is 10.9. The maximum absolute atomic E-state index is 5.70. The first-order chi connectivity index (χ1) is 8.86. The van der Waals surface area contributed by atoms with Gasteiger partial charge in [0.25, 0.3) is 0 Å². The molecule has 18 heavy (non-hydrogen) atoms. The van der Waals surface area contributed by atoms with Gasteiger partial charge in [0.2, 0.25) is 0 Å². The van der Waals surface area contributed by atoms with E-state index in [4.69, 9.17) is 5.73 Å². The van der Waals surface area contributed by atoms with Gasteiger partial charge in [-0.2, -0.15) is 0 Å². The van der Waals surface area contributed by atoms with Gasteiger partial charge >= 0.3 is 0 Å². The average molecular weight is 236 g/mol. The highest BCUT2D eigenvalue weighted by atomic mass is 14.7. The van der Waals surface area contributed by atoms with Crippen molar-refractivity contribution in [2.24, 2.45) is 5.73 Å². The number of nitrogens with two attached hydrogens (primary N) is 1. The van der Waals surface area contributed by atoms with Crippen LogP contribution in [-0.4, -0.2) is 4.98 Å². The average Bonchev–Trinajstić information content (AvgIpc) is 2.82. The van der Waals surface area contributed by atoms with E-state index < -0.39 is 0 Å². The van der Waals surface area contributed by atoms with Crippen LogP contribution >= 0.6 is 0 Å². The Kier molecular flexibility index (Phi) is 2.87. The van der Waals surface area contributed by atoms with E-state index in [1.165, 1.54) is 27.6 Å². The molecule has 90 valence electrons. The number of hydrogen-bond acceptors (Lipinski definition) is 1. The van der Waals surface area contributed by atoms with Gasteiger partial charge in [-0.1, -0.05) is 36.4 Å². The van der Waals surface area contributed by atoms with E-state index in [0.717, 1.165) is 6.42 Å². The molecule has 2 aromatic carbocycles. The van der Waals surface area contributed by atoms with Crippen molar-refractivity contribution < 1.29 is 0 Å². The van der Waals surface area contributed by atoms with Crippen molar-refractivity contribution >= 4 is 10.9 Å². The molecule has 2 nitrogen and oxygen atoms in total. The zero-order chi connectivity index (χ0) is 12.4. The topological polar surface area (TPSA) is 41.8 Å². The fraction of sp³-hybridized carbons (Fsp3) is 0.125. The van der Waals surface area contributed by atoms with Gasteiger partial charge in [-0.15, -0.1) is 0 Å². The highest BCUT2D eigenvalue weighted by Crippen LogP contribution is 2.22. The predicted molar refractivity (Wildman–Crippen MR) is 75.4 cm³/mol. The molecule has 2 heteroatoms. The molecule has 0 spiro atoms. The van der Waals surface area contributed by atoms with Crippen LogP contribution in [0.5, 0.6) is 0 Å². The molecule has 0 radical (unpaired) electrons. The first kappa shape index (κ1) is 11.1. The second-order valence-corrected chi connectivity index (χ2v) is 4.56. The maximum Gasteiger partial charge on any atom is 0.0457 e. The zero-order valence-electron chi connectivity index (χ0n) is 10.2. The van der Waals surface area contributed by atoms with Gasteiger partial charge in [-0.05, 0) is 35.2 Å². The molecule has 1 aromatic heterocycles. The second kappa shape index (κ2) is 4.67. The fourth-order valence-electron chi connectivity index (χ4n) is 2.31. The molecule has 0 fully saturated rings. The van der Waals surface area contributed by atoms with Crippen molar-refractivity contribution in [2.75, 3.05) is 0 Å². The van der Waals surface area contributed by atoms with Crippen LogP contribution in [0.1, 0.15) is 16.7 Å². The molecule has 0 bridgehead atoms. The second-order valence-electron chi connectivity index (χ2n) is 4.56. The van der Waals surface area contributed by atoms with Crippen LogP contribution in [0, 0.1) is 0 Å². The molecule has 0 saturated heterocycles. The molecule has 0 aliphatic rings. The Hall–Kier alpha value is -2.06. The molecule has 3 N–H and O–H groups in total. The number of aromatic nitrogens is 1. The summed E-state index contributed by atoms with van der Waals surface area (Å²) in [5, 5.41) is 1.28. The summed E-state index contributed by atoms with van der Waals surface area (Å²) in [6.45, 7) is 0.589. The van der Waals surface area contributed by atoms with E-state index in [0.29, 0.717) is 6.54 Å². The van der Waals surface area contributed by atoms with Gasteiger partial charge in [-0.25, -0.2) is 0 Å². The third-order valence-corrected chi connectivity index (χ3v) is 3.30. The summed E-state index contributed by atoms with van der Waals surface area (Å²) < 4.78 is 0. The lowest BCUT2D eigenvalue weighted by molar-refractivity contribution is 1.07. The Morgan fingerprint density at radius 3 is 2.56 bits per heavy atom. The summed E-state index contributed by atoms with van der Waals surface area (Å²) in [4.78, 5) is 3.32. The summed E-state index contributed by atoms with van der Waals surface area (Å²) in [6.07, 6.45) is 3.05. The van der Waals surface area contributed by atoms with Crippen molar-refractivity contribution in [3.8, 4) is 0 Å². The first-order valence-electron chi connectivity index (χ1n) is 6.19. The van der Waals surface area contributed by atoms with Crippen LogP contribution < -0.4 is 5.73 Å². The van der Waals surface area contributed by atoms with Crippen molar-refractivity contribution in [2.45, 2.75) is 13.0 Å². The number of rotatable bonds is 3. The molecule has 0 amide bonds. The quantitative estimate of drug-likeness (QED) is 0.720. The van der Waals surface area contributed by atoms with Crippen LogP contribution in [0.25, 0.3) is 10.9 Å². The summed E-state index contributed by atoms with van der Waals surface area (Å²) in [5.41, 5.74) is 10.7. The third-order valence-electron chi connectivity index (χ3n) is 3.30. The zero-order valence-corrected chi connectivity index (χ0v) is 10.2. The van der Waals surface area contributed by atoms with E-state index in [-0.39, 0.29) is 0 Å². The number of benzene rings is 2. The van der Waals surface area contributed by atoms with Gasteiger partial charge in [-0.3, -0.25) is 0 Å². The molecule has 0 atom stereocenters. The summed E-state index contributed by atoms with van der Waals surface area (Å²) in [5.74, 6) is 0. The Labute approximate surface area is 106 Å². The monoisotopic (exact) mass is 236 g/mol. The largest absolute Gasteiger partial charge is 0.361 e. The molecular weight excluding hydrogens is 220 g/mol. The highest BCUT2D eigenvalue weighted by molar-refractivity contribution is 5.84. The maximum atomic E-state index is 5.70. The predicted octanol–water partition coefficient (Wildman–Crippen LogP) is 3.22. The Morgan fingerprint density at radius 2 is 1.78 bits per heavy atom. The van der Waals surface area contributed by atoms with Crippen LogP contribution in [-0.2, 0) is 13.0 Å². The van der Waals surface area contributed by atoms with Gasteiger partial charge in [0.05, 0.1) is 0 Å². The van der Waals surface area contributed by atoms with Crippen molar-refractivity contribution in [3.63, 3.8) is 0 Å². The molecule has 1 heterocycles. The number of aromatic amines is 1. The minimum atomic E-state index is 0.589. The molecule has 3 rings (SSSR count). The number of fused-ring (bicyclic) bond motifs is 1. The Balaban J connectivity index is 2.01. The molecule has 0 aliphatic heterocycles. The van der Waals surface area contributed by atoms with E-state index in [1.807, 2.05) is 6.07 Å². The highest BCUT2D eigenvalue weighted by Gasteiger charge is 2.05. The molecule has 0 aliphatic carbocycles. The number of H-pyrrole nitrogens is 1. The van der Waals surface area contributed by atoms with Gasteiger partial charge in [0, 0.05) is 23.6 Å². The van der Waals surface area contributed by atoms with E-state index in [2.05, 4.69) is 53.6 Å². The molecule has 3 aromatic rings. The number of hydrogen-bond donors (Lipinski definition) is 2. The van der Waals surface area contributed by atoms with Crippen LogP contribution in [0.2, 0.25) is 0 Å². The fourth-order valence-corrected chi connectivity index (χ4v) is 2.31. The summed E-state index contributed by atoms with van der Waals surface area (Å²) in [7, 11) is 0. The van der Waals surface area contributed by atoms with E-state index >= 15 is 0 Å².